The maximum absolute atomic E-state index is 12.5. The highest BCUT2D eigenvalue weighted by Gasteiger charge is 2.14. The average molecular weight is 337 g/mol. The number of nitrogens with zero attached hydrogens (tertiary/aromatic N) is 2. The van der Waals surface area contributed by atoms with E-state index in [0.29, 0.717) is 0 Å². The van der Waals surface area contributed by atoms with Crippen LogP contribution in [0.5, 0.6) is 5.75 Å². The number of hydrogen-bond donors (Lipinski definition) is 1. The summed E-state index contributed by atoms with van der Waals surface area (Å²) in [5, 5.41) is 6.54. The fourth-order valence-corrected chi connectivity index (χ4v) is 1.79. The number of hydrogen-bond acceptors (Lipinski definition) is 5. The lowest BCUT2D eigenvalue weighted by molar-refractivity contribution is -0.0499. The Kier molecular flexibility index (Phi) is 6.79. The van der Waals surface area contributed by atoms with Gasteiger partial charge in [-0.15, -0.1) is 0 Å². The van der Waals surface area contributed by atoms with Gasteiger partial charge < -0.3 is 10.1 Å². The fourth-order valence-electron chi connectivity index (χ4n) is 1.79. The van der Waals surface area contributed by atoms with Crippen LogP contribution in [-0.4, -0.2) is 29.2 Å². The fraction of sp³-hybridized carbons (Fsp3) is 0.188. The van der Waals surface area contributed by atoms with E-state index in [4.69, 9.17) is 0 Å². The molecule has 1 heterocycles. The molecule has 0 saturated carbocycles. The summed E-state index contributed by atoms with van der Waals surface area (Å²) in [5.74, 6) is -0.728. The molecule has 0 atom stereocenters. The van der Waals surface area contributed by atoms with Crippen molar-refractivity contribution in [1.82, 2.24) is 15.1 Å². The molecule has 0 aliphatic carbocycles. The molecule has 2 aromatic rings. The third-order valence-electron chi connectivity index (χ3n) is 2.77. The van der Waals surface area contributed by atoms with Crippen LogP contribution in [0.1, 0.15) is 17.9 Å². The second-order valence-electron chi connectivity index (χ2n) is 4.31. The van der Waals surface area contributed by atoms with Gasteiger partial charge in [-0.05, 0) is 12.1 Å². The molecule has 1 aromatic carbocycles. The van der Waals surface area contributed by atoms with E-state index in [9.17, 15) is 18.4 Å². The van der Waals surface area contributed by atoms with Crippen LogP contribution in [0.3, 0.4) is 0 Å². The van der Waals surface area contributed by atoms with Gasteiger partial charge in [0.15, 0.2) is 11.4 Å². The Labute approximate surface area is 137 Å². The highest BCUT2D eigenvalue weighted by Crippen LogP contribution is 2.23. The number of ketones is 1. The monoisotopic (exact) mass is 337 g/mol. The molecular weight excluding hydrogens is 320 g/mol. The zero-order valence-corrected chi connectivity index (χ0v) is 12.1. The van der Waals surface area contributed by atoms with Gasteiger partial charge >= 0.3 is 6.61 Å². The lowest BCUT2D eigenvalue weighted by atomic mass is 10.2. The summed E-state index contributed by atoms with van der Waals surface area (Å²) in [5.41, 5.74) is -0.718. The molecule has 24 heavy (non-hydrogen) atoms. The van der Waals surface area contributed by atoms with Crippen LogP contribution in [0.15, 0.2) is 53.6 Å². The Morgan fingerprint density at radius 3 is 2.71 bits per heavy atom. The van der Waals surface area contributed by atoms with Crippen LogP contribution in [0.4, 0.5) is 8.78 Å². The lowest BCUT2D eigenvalue weighted by Gasteiger charge is -2.12. The van der Waals surface area contributed by atoms with Crippen molar-refractivity contribution in [3.05, 3.63) is 64.7 Å². The molecule has 8 heteroatoms. The van der Waals surface area contributed by atoms with E-state index in [1.54, 1.807) is 13.1 Å². The zero-order valence-electron chi connectivity index (χ0n) is 12.1. The molecule has 0 bridgehead atoms. The number of para-hydroxylation sites is 2. The van der Waals surface area contributed by atoms with Gasteiger partial charge in [0.25, 0.3) is 0 Å². The Morgan fingerprint density at radius 1 is 1.33 bits per heavy atom. The third kappa shape index (κ3) is 4.48. The molecule has 1 aromatic heterocycles. The largest absolute Gasteiger partial charge is 0.433 e. The van der Waals surface area contributed by atoms with Crippen LogP contribution in [-0.2, 0) is 0 Å². The SMILES string of the molecule is C.CNC=CC(=O)c1nn(-c2ccccc2OC(F)F)ccc1=O. The second kappa shape index (κ2) is 8.56. The third-order valence-corrected chi connectivity index (χ3v) is 2.77. The quantitative estimate of drug-likeness (QED) is 0.647. The number of carbonyl (C=O) groups is 1. The molecule has 0 amide bonds. The molecule has 0 aliphatic heterocycles. The Morgan fingerprint density at radius 2 is 2.04 bits per heavy atom. The first-order valence-electron chi connectivity index (χ1n) is 6.55. The number of ether oxygens (including phenoxy) is 1. The number of carbonyl (C=O) groups excluding carboxylic acids is 1. The van der Waals surface area contributed by atoms with E-state index in [-0.39, 0.29) is 24.6 Å². The highest BCUT2D eigenvalue weighted by molar-refractivity contribution is 6.02. The second-order valence-corrected chi connectivity index (χ2v) is 4.31. The van der Waals surface area contributed by atoms with Crippen LogP contribution < -0.4 is 15.5 Å². The predicted octanol–water partition coefficient (Wildman–Crippen LogP) is 2.39. The summed E-state index contributed by atoms with van der Waals surface area (Å²) >= 11 is 0. The molecule has 0 aliphatic rings. The molecule has 1 N–H and O–H groups in total. The Bertz CT molecular complexity index is 788. The van der Waals surface area contributed by atoms with E-state index in [0.717, 1.165) is 16.8 Å². The van der Waals surface area contributed by atoms with Crippen molar-refractivity contribution in [3.8, 4) is 11.4 Å². The first kappa shape index (κ1) is 19.0. The van der Waals surface area contributed by atoms with Crippen molar-refractivity contribution in [1.29, 1.82) is 0 Å². The van der Waals surface area contributed by atoms with E-state index in [2.05, 4.69) is 15.2 Å². The van der Waals surface area contributed by atoms with Crippen molar-refractivity contribution < 1.29 is 18.3 Å². The van der Waals surface area contributed by atoms with E-state index in [1.807, 2.05) is 0 Å². The van der Waals surface area contributed by atoms with Crippen molar-refractivity contribution in [2.24, 2.45) is 0 Å². The minimum atomic E-state index is -3.00. The molecule has 0 fully saturated rings. The minimum Gasteiger partial charge on any atom is -0.433 e. The van der Waals surface area contributed by atoms with Crippen LogP contribution in [0, 0.1) is 0 Å². The van der Waals surface area contributed by atoms with Gasteiger partial charge in [-0.3, -0.25) is 9.59 Å². The smallest absolute Gasteiger partial charge is 0.387 e. The van der Waals surface area contributed by atoms with Crippen molar-refractivity contribution in [2.75, 3.05) is 7.05 Å². The Hall–Kier alpha value is -3.03. The number of alkyl halides is 2. The molecule has 0 radical (unpaired) electrons. The van der Waals surface area contributed by atoms with Crippen molar-refractivity contribution in [2.45, 2.75) is 14.0 Å². The number of allylic oxidation sites excluding steroid dienone is 1. The van der Waals surface area contributed by atoms with Crippen LogP contribution >= 0.6 is 0 Å². The minimum absolute atomic E-state index is 0. The first-order chi connectivity index (χ1) is 11.0. The molecule has 0 saturated heterocycles. The number of nitrogens with one attached hydrogen (secondary N) is 1. The Balaban J connectivity index is 0.00000288. The zero-order chi connectivity index (χ0) is 16.8. The summed E-state index contributed by atoms with van der Waals surface area (Å²) < 4.78 is 30.5. The summed E-state index contributed by atoms with van der Waals surface area (Å²) in [4.78, 5) is 23.7. The van der Waals surface area contributed by atoms with Gasteiger partial charge in [0.05, 0.1) is 0 Å². The molecule has 6 nitrogen and oxygen atoms in total. The maximum atomic E-state index is 12.5. The number of benzene rings is 1. The molecule has 2 rings (SSSR count). The number of halogens is 2. The standard InChI is InChI=1S/C15H13F2N3O3.CH4/c1-18-8-6-11(21)14-12(22)7-9-20(19-14)10-4-2-3-5-13(10)23-15(16)17;/h2-9,15,18H,1H3;1H4. The molecule has 0 spiro atoms. The highest BCUT2D eigenvalue weighted by atomic mass is 19.3. The summed E-state index contributed by atoms with van der Waals surface area (Å²) in [6, 6.07) is 7.06. The lowest BCUT2D eigenvalue weighted by Crippen LogP contribution is -2.20. The summed E-state index contributed by atoms with van der Waals surface area (Å²) in [6.07, 6.45) is 3.78. The average Bonchev–Trinajstić information content (AvgIpc) is 2.53. The van der Waals surface area contributed by atoms with Gasteiger partial charge in [0, 0.05) is 31.6 Å². The molecule has 0 unspecified atom stereocenters. The predicted molar refractivity (Wildman–Crippen MR) is 85.7 cm³/mol. The number of rotatable bonds is 6. The van der Waals surface area contributed by atoms with Gasteiger partial charge in [-0.25, -0.2) is 4.68 Å². The number of aromatic nitrogens is 2. The molecule has 128 valence electrons. The van der Waals surface area contributed by atoms with E-state index in [1.165, 1.54) is 30.6 Å². The van der Waals surface area contributed by atoms with Crippen LogP contribution in [0.25, 0.3) is 5.69 Å². The first-order valence-corrected chi connectivity index (χ1v) is 6.55. The van der Waals surface area contributed by atoms with Gasteiger partial charge in [0.2, 0.25) is 11.2 Å². The van der Waals surface area contributed by atoms with Crippen molar-refractivity contribution >= 4 is 5.78 Å². The maximum Gasteiger partial charge on any atom is 0.387 e. The van der Waals surface area contributed by atoms with Gasteiger partial charge in [-0.1, -0.05) is 19.6 Å². The molecular formula is C16H17F2N3O3. The topological polar surface area (TPSA) is 73.2 Å². The van der Waals surface area contributed by atoms with Gasteiger partial charge in [0.1, 0.15) is 5.69 Å². The summed E-state index contributed by atoms with van der Waals surface area (Å²) in [6.45, 7) is -3.00. The normalized spacial score (nSPS) is 10.5. The van der Waals surface area contributed by atoms with Crippen LogP contribution in [0.2, 0.25) is 0 Å². The van der Waals surface area contributed by atoms with Gasteiger partial charge in [-0.2, -0.15) is 13.9 Å². The summed E-state index contributed by atoms with van der Waals surface area (Å²) in [7, 11) is 1.60. The van der Waals surface area contributed by atoms with Crippen molar-refractivity contribution in [3.63, 3.8) is 0 Å². The van der Waals surface area contributed by atoms with E-state index < -0.39 is 17.8 Å². The van der Waals surface area contributed by atoms with E-state index >= 15 is 0 Å².